The summed E-state index contributed by atoms with van der Waals surface area (Å²) >= 11 is 0. The number of nitrogens with zero attached hydrogens (tertiary/aromatic N) is 2. The highest BCUT2D eigenvalue weighted by atomic mass is 19.4. The van der Waals surface area contributed by atoms with E-state index in [4.69, 9.17) is 5.73 Å². The number of aromatic nitrogens is 2. The molecule has 1 unspecified atom stereocenters. The third kappa shape index (κ3) is 3.54. The minimum atomic E-state index is -4.25. The Morgan fingerprint density at radius 2 is 2.20 bits per heavy atom. The normalized spacial score (nSPS) is 14.2. The van der Waals surface area contributed by atoms with Gasteiger partial charge in [-0.25, -0.2) is 4.98 Å². The molecule has 86 valence electrons. The van der Waals surface area contributed by atoms with Crippen molar-refractivity contribution >= 4 is 0 Å². The molecule has 0 aromatic carbocycles. The van der Waals surface area contributed by atoms with Crippen LogP contribution >= 0.6 is 0 Å². The Labute approximate surface area is 86.1 Å². The fourth-order valence-electron chi connectivity index (χ4n) is 1.42. The topological polar surface area (TPSA) is 43.8 Å². The largest absolute Gasteiger partial charge is 0.391 e. The fourth-order valence-corrected chi connectivity index (χ4v) is 1.42. The molecule has 1 aromatic heterocycles. The Kier molecular flexibility index (Phi) is 3.73. The van der Waals surface area contributed by atoms with Crippen molar-refractivity contribution < 1.29 is 13.2 Å². The Balaban J connectivity index is 2.72. The molecule has 0 radical (unpaired) electrons. The van der Waals surface area contributed by atoms with Crippen LogP contribution in [0.4, 0.5) is 13.2 Å². The molecule has 0 aliphatic rings. The summed E-state index contributed by atoms with van der Waals surface area (Å²) in [6.07, 6.45) is -1.32. The lowest BCUT2D eigenvalue weighted by Crippen LogP contribution is -2.23. The Bertz CT molecular complexity index is 306. The molecule has 1 aromatic rings. The SMILES string of the molecule is CCCn1ccnc1C(N)CC(F)(F)F. The van der Waals surface area contributed by atoms with Gasteiger partial charge in [0.1, 0.15) is 5.82 Å². The molecule has 2 N–H and O–H groups in total. The van der Waals surface area contributed by atoms with E-state index in [9.17, 15) is 13.2 Å². The van der Waals surface area contributed by atoms with E-state index in [0.29, 0.717) is 12.4 Å². The van der Waals surface area contributed by atoms with E-state index in [-0.39, 0.29) is 0 Å². The lowest BCUT2D eigenvalue weighted by atomic mass is 10.2. The van der Waals surface area contributed by atoms with Crippen LogP contribution in [0.15, 0.2) is 12.4 Å². The summed E-state index contributed by atoms with van der Waals surface area (Å²) in [7, 11) is 0. The number of hydrogen-bond acceptors (Lipinski definition) is 2. The molecule has 0 aliphatic carbocycles. The monoisotopic (exact) mass is 221 g/mol. The van der Waals surface area contributed by atoms with E-state index in [0.717, 1.165) is 6.42 Å². The Morgan fingerprint density at radius 1 is 1.53 bits per heavy atom. The quantitative estimate of drug-likeness (QED) is 0.847. The van der Waals surface area contributed by atoms with Gasteiger partial charge in [0.05, 0.1) is 12.5 Å². The summed E-state index contributed by atoms with van der Waals surface area (Å²) in [4.78, 5) is 3.86. The highest BCUT2D eigenvalue weighted by molar-refractivity contribution is 4.99. The van der Waals surface area contributed by atoms with Crippen molar-refractivity contribution in [2.45, 2.75) is 38.5 Å². The van der Waals surface area contributed by atoms with Crippen LogP contribution in [0.25, 0.3) is 0 Å². The molecule has 0 aliphatic heterocycles. The van der Waals surface area contributed by atoms with Crippen molar-refractivity contribution in [1.82, 2.24) is 9.55 Å². The zero-order chi connectivity index (χ0) is 11.5. The molecule has 1 atom stereocenters. The van der Waals surface area contributed by atoms with E-state index < -0.39 is 18.6 Å². The molecule has 6 heteroatoms. The van der Waals surface area contributed by atoms with Crippen molar-refractivity contribution in [3.05, 3.63) is 18.2 Å². The second-order valence-electron chi connectivity index (χ2n) is 3.40. The van der Waals surface area contributed by atoms with Crippen LogP contribution < -0.4 is 5.73 Å². The first-order valence-corrected chi connectivity index (χ1v) is 4.77. The second kappa shape index (κ2) is 4.65. The third-order valence-electron chi connectivity index (χ3n) is 2.00. The van der Waals surface area contributed by atoms with Gasteiger partial charge in [-0.05, 0) is 6.42 Å². The molecule has 0 saturated carbocycles. The summed E-state index contributed by atoms with van der Waals surface area (Å²) < 4.78 is 38.0. The number of hydrogen-bond donors (Lipinski definition) is 1. The molecular formula is C9H14F3N3. The molecule has 15 heavy (non-hydrogen) atoms. The zero-order valence-corrected chi connectivity index (χ0v) is 8.46. The van der Waals surface area contributed by atoms with Crippen molar-refractivity contribution in [2.75, 3.05) is 0 Å². The van der Waals surface area contributed by atoms with Crippen molar-refractivity contribution in [3.63, 3.8) is 0 Å². The van der Waals surface area contributed by atoms with Gasteiger partial charge in [-0.15, -0.1) is 0 Å². The van der Waals surface area contributed by atoms with Crippen LogP contribution in [-0.2, 0) is 6.54 Å². The van der Waals surface area contributed by atoms with Crippen LogP contribution in [0.3, 0.4) is 0 Å². The lowest BCUT2D eigenvalue weighted by Gasteiger charge is -2.15. The van der Waals surface area contributed by atoms with Crippen LogP contribution in [0.1, 0.15) is 31.6 Å². The first-order valence-electron chi connectivity index (χ1n) is 4.77. The molecule has 1 rings (SSSR count). The van der Waals surface area contributed by atoms with Crippen LogP contribution in [0.2, 0.25) is 0 Å². The van der Waals surface area contributed by atoms with Gasteiger partial charge >= 0.3 is 6.18 Å². The number of nitrogens with two attached hydrogens (primary N) is 1. The molecule has 1 heterocycles. The minimum absolute atomic E-state index is 0.300. The number of alkyl halides is 3. The average molecular weight is 221 g/mol. The van der Waals surface area contributed by atoms with Gasteiger partial charge in [-0.3, -0.25) is 0 Å². The maximum atomic E-state index is 12.1. The average Bonchev–Trinajstić information content (AvgIpc) is 2.49. The molecule has 0 amide bonds. The van der Waals surface area contributed by atoms with E-state index in [1.807, 2.05) is 6.92 Å². The highest BCUT2D eigenvalue weighted by Crippen LogP contribution is 2.27. The number of halogens is 3. The maximum absolute atomic E-state index is 12.1. The van der Waals surface area contributed by atoms with E-state index in [2.05, 4.69) is 4.98 Å². The smallest absolute Gasteiger partial charge is 0.334 e. The summed E-state index contributed by atoms with van der Waals surface area (Å²) in [6.45, 7) is 2.58. The minimum Gasteiger partial charge on any atom is -0.334 e. The predicted octanol–water partition coefficient (Wildman–Crippen LogP) is 2.25. The van der Waals surface area contributed by atoms with Crippen LogP contribution in [-0.4, -0.2) is 15.7 Å². The summed E-state index contributed by atoms with van der Waals surface area (Å²) in [6, 6.07) is -1.08. The molecule has 0 spiro atoms. The Hall–Kier alpha value is -1.04. The van der Waals surface area contributed by atoms with E-state index in [1.165, 1.54) is 6.20 Å². The molecule has 0 saturated heterocycles. The fraction of sp³-hybridized carbons (Fsp3) is 0.667. The summed E-state index contributed by atoms with van der Waals surface area (Å²) in [5, 5.41) is 0. The molecule has 3 nitrogen and oxygen atoms in total. The summed E-state index contributed by atoms with van der Waals surface area (Å²) in [5.74, 6) is 0.300. The van der Waals surface area contributed by atoms with Gasteiger partial charge in [0.15, 0.2) is 0 Å². The first-order chi connectivity index (χ1) is 6.94. The predicted molar refractivity (Wildman–Crippen MR) is 50.1 cm³/mol. The standard InChI is InChI=1S/C9H14F3N3/c1-2-4-15-5-3-14-8(15)7(13)6-9(10,11)12/h3,5,7H,2,4,6,13H2,1H3. The number of rotatable bonds is 4. The second-order valence-corrected chi connectivity index (χ2v) is 3.40. The molecule has 0 fully saturated rings. The van der Waals surface area contributed by atoms with Gasteiger partial charge in [0.25, 0.3) is 0 Å². The van der Waals surface area contributed by atoms with Gasteiger partial charge in [0, 0.05) is 18.9 Å². The van der Waals surface area contributed by atoms with Crippen molar-refractivity contribution in [2.24, 2.45) is 5.73 Å². The van der Waals surface area contributed by atoms with E-state index in [1.54, 1.807) is 10.8 Å². The molecular weight excluding hydrogens is 207 g/mol. The van der Waals surface area contributed by atoms with Gasteiger partial charge in [0.2, 0.25) is 0 Å². The highest BCUT2D eigenvalue weighted by Gasteiger charge is 2.32. The maximum Gasteiger partial charge on any atom is 0.391 e. The number of aryl methyl sites for hydroxylation is 1. The first kappa shape index (κ1) is 12.0. The lowest BCUT2D eigenvalue weighted by molar-refractivity contribution is -0.139. The summed E-state index contributed by atoms with van der Waals surface area (Å²) in [5.41, 5.74) is 5.45. The van der Waals surface area contributed by atoms with Gasteiger partial charge in [-0.1, -0.05) is 6.92 Å². The van der Waals surface area contributed by atoms with Crippen molar-refractivity contribution in [3.8, 4) is 0 Å². The zero-order valence-electron chi connectivity index (χ0n) is 8.46. The molecule has 0 bridgehead atoms. The van der Waals surface area contributed by atoms with Gasteiger partial charge < -0.3 is 10.3 Å². The number of imidazole rings is 1. The van der Waals surface area contributed by atoms with Crippen molar-refractivity contribution in [1.29, 1.82) is 0 Å². The van der Waals surface area contributed by atoms with Crippen LogP contribution in [0, 0.1) is 0 Å². The third-order valence-corrected chi connectivity index (χ3v) is 2.00. The van der Waals surface area contributed by atoms with E-state index >= 15 is 0 Å². The van der Waals surface area contributed by atoms with Crippen LogP contribution in [0.5, 0.6) is 0 Å². The van der Waals surface area contributed by atoms with Gasteiger partial charge in [-0.2, -0.15) is 13.2 Å². The Morgan fingerprint density at radius 3 is 2.73 bits per heavy atom.